The summed E-state index contributed by atoms with van der Waals surface area (Å²) in [5, 5.41) is 3.54. The first-order valence-corrected chi connectivity index (χ1v) is 11.9. The summed E-state index contributed by atoms with van der Waals surface area (Å²) in [5.74, 6) is -2.08. The Kier molecular flexibility index (Phi) is 6.50. The van der Waals surface area contributed by atoms with Gasteiger partial charge in [-0.05, 0) is 31.9 Å². The van der Waals surface area contributed by atoms with Crippen LogP contribution in [-0.4, -0.2) is 67.0 Å². The highest BCUT2D eigenvalue weighted by atomic mass is 32.2. The number of fused-ring (bicyclic) bond motifs is 1. The molecule has 2 aromatic rings. The Morgan fingerprint density at radius 3 is 2.70 bits per heavy atom. The number of benzene rings is 1. The Hall–Kier alpha value is -2.81. The van der Waals surface area contributed by atoms with Gasteiger partial charge in [0, 0.05) is 36.8 Å². The van der Waals surface area contributed by atoms with Gasteiger partial charge in [0.05, 0.1) is 11.1 Å². The van der Waals surface area contributed by atoms with Crippen LogP contribution in [0.2, 0.25) is 0 Å². The van der Waals surface area contributed by atoms with Crippen molar-refractivity contribution < 1.29 is 22.8 Å². The van der Waals surface area contributed by atoms with Crippen LogP contribution in [0.15, 0.2) is 36.5 Å². The average Bonchev–Trinajstić information content (AvgIpc) is 2.71. The van der Waals surface area contributed by atoms with Crippen molar-refractivity contribution >= 4 is 38.3 Å². The molecule has 0 bridgehead atoms. The topological polar surface area (TPSA) is 114 Å². The molecule has 2 heterocycles. The Labute approximate surface area is 175 Å². The molecule has 0 saturated carbocycles. The molecule has 1 aliphatic heterocycles. The minimum Gasteiger partial charge on any atom is -0.340 e. The van der Waals surface area contributed by atoms with Gasteiger partial charge in [-0.1, -0.05) is 18.2 Å². The first-order chi connectivity index (χ1) is 14.2. The van der Waals surface area contributed by atoms with Crippen molar-refractivity contribution in [2.45, 2.75) is 25.8 Å². The van der Waals surface area contributed by atoms with E-state index < -0.39 is 33.5 Å². The zero-order chi connectivity index (χ0) is 21.9. The van der Waals surface area contributed by atoms with Gasteiger partial charge in [0.15, 0.2) is 15.6 Å². The molecule has 3 rings (SSSR count). The summed E-state index contributed by atoms with van der Waals surface area (Å²) in [4.78, 5) is 43.6. The van der Waals surface area contributed by atoms with Crippen LogP contribution in [-0.2, 0) is 19.4 Å². The number of pyridine rings is 1. The largest absolute Gasteiger partial charge is 0.340 e. The molecule has 1 unspecified atom stereocenters. The van der Waals surface area contributed by atoms with E-state index in [1.807, 2.05) is 12.1 Å². The highest BCUT2D eigenvalue weighted by Crippen LogP contribution is 2.20. The summed E-state index contributed by atoms with van der Waals surface area (Å²) >= 11 is 0. The molecule has 1 aromatic carbocycles. The van der Waals surface area contributed by atoms with E-state index in [1.54, 1.807) is 31.3 Å². The third-order valence-corrected chi connectivity index (χ3v) is 6.00. The van der Waals surface area contributed by atoms with Crippen LogP contribution in [0.3, 0.4) is 0 Å². The minimum atomic E-state index is -3.41. The molecule has 8 nitrogen and oxygen atoms in total. The molecule has 9 heteroatoms. The Balaban J connectivity index is 1.66. The minimum absolute atomic E-state index is 0.170. The number of para-hydroxylation sites is 1. The van der Waals surface area contributed by atoms with Gasteiger partial charge in [0.25, 0.3) is 5.91 Å². The maximum Gasteiger partial charge on any atom is 0.254 e. The number of nitrogens with one attached hydrogen (secondary N) is 1. The Morgan fingerprint density at radius 1 is 1.23 bits per heavy atom. The number of carbonyl (C=O) groups is 3. The maximum atomic E-state index is 12.8. The van der Waals surface area contributed by atoms with E-state index in [0.717, 1.165) is 11.6 Å². The molecule has 0 spiro atoms. The lowest BCUT2D eigenvalue weighted by Gasteiger charge is -2.33. The van der Waals surface area contributed by atoms with Crippen LogP contribution < -0.4 is 5.32 Å². The lowest BCUT2D eigenvalue weighted by Crippen LogP contribution is -2.51. The zero-order valence-electron chi connectivity index (χ0n) is 17.0. The van der Waals surface area contributed by atoms with Gasteiger partial charge in [-0.25, -0.2) is 8.42 Å². The van der Waals surface area contributed by atoms with Crippen LogP contribution in [0.4, 0.5) is 0 Å². The number of hydrogen-bond acceptors (Lipinski definition) is 6. The number of rotatable bonds is 6. The molecule has 2 amide bonds. The van der Waals surface area contributed by atoms with E-state index in [-0.39, 0.29) is 18.2 Å². The molecule has 160 valence electrons. The molecular formula is C21H25N3O5S. The molecule has 0 aliphatic carbocycles. The molecule has 1 fully saturated rings. The summed E-state index contributed by atoms with van der Waals surface area (Å²) in [6.45, 7) is 2.24. The van der Waals surface area contributed by atoms with Crippen LogP contribution in [0.25, 0.3) is 10.9 Å². The number of sulfone groups is 1. The van der Waals surface area contributed by atoms with Gasteiger partial charge in [-0.15, -0.1) is 0 Å². The summed E-state index contributed by atoms with van der Waals surface area (Å²) in [5.41, 5.74) is 0.939. The molecule has 1 aromatic heterocycles. The van der Waals surface area contributed by atoms with E-state index in [9.17, 15) is 22.8 Å². The van der Waals surface area contributed by atoms with E-state index >= 15 is 0 Å². The smallest absolute Gasteiger partial charge is 0.254 e. The van der Waals surface area contributed by atoms with Crippen molar-refractivity contribution in [1.82, 2.24) is 15.2 Å². The molecule has 0 radical (unpaired) electrons. The second-order valence-corrected chi connectivity index (χ2v) is 9.88. The quantitative estimate of drug-likeness (QED) is 0.735. The molecule has 1 N–H and O–H groups in total. The van der Waals surface area contributed by atoms with Gasteiger partial charge in [-0.2, -0.15) is 0 Å². The van der Waals surface area contributed by atoms with Crippen LogP contribution in [0.5, 0.6) is 0 Å². The van der Waals surface area contributed by atoms with Crippen molar-refractivity contribution in [3.05, 3.63) is 42.1 Å². The van der Waals surface area contributed by atoms with Gasteiger partial charge in [0.2, 0.25) is 5.91 Å². The second kappa shape index (κ2) is 8.91. The van der Waals surface area contributed by atoms with Gasteiger partial charge in [-0.3, -0.25) is 19.4 Å². The number of nitrogens with zero attached hydrogens (tertiary/aromatic N) is 2. The number of likely N-dealkylation sites (tertiary alicyclic amines) is 1. The predicted octanol–water partition coefficient (Wildman–Crippen LogP) is 1.21. The lowest BCUT2D eigenvalue weighted by molar-refractivity contribution is -0.136. The van der Waals surface area contributed by atoms with Crippen molar-refractivity contribution in [1.29, 1.82) is 0 Å². The van der Waals surface area contributed by atoms with Crippen molar-refractivity contribution in [2.24, 2.45) is 5.92 Å². The summed E-state index contributed by atoms with van der Waals surface area (Å²) in [6, 6.07) is 8.12. The lowest BCUT2D eigenvalue weighted by atomic mass is 9.94. The van der Waals surface area contributed by atoms with E-state index in [1.165, 1.54) is 4.90 Å². The fourth-order valence-corrected chi connectivity index (χ4v) is 4.47. The fraction of sp³-hybridized carbons (Fsp3) is 0.429. The monoisotopic (exact) mass is 431 g/mol. The first-order valence-electron chi connectivity index (χ1n) is 9.79. The molecule has 30 heavy (non-hydrogen) atoms. The average molecular weight is 432 g/mol. The molecule has 2 atom stereocenters. The number of piperidine rings is 1. The highest BCUT2D eigenvalue weighted by Gasteiger charge is 2.32. The molecule has 1 saturated heterocycles. The van der Waals surface area contributed by atoms with E-state index in [2.05, 4.69) is 10.3 Å². The van der Waals surface area contributed by atoms with Crippen molar-refractivity contribution in [2.75, 3.05) is 25.1 Å². The number of aromatic nitrogens is 1. The second-order valence-electron chi connectivity index (χ2n) is 7.74. The standard InChI is InChI=1S/C21H25N3O5S/c1-14(23-20(26)17-9-3-6-15-7-4-10-22-19(15)17)21(27)24-11-5-8-16(12-24)18(25)13-30(2,28)29/h3-4,6-7,9-10,14,16H,5,8,11-13H2,1-2H3,(H,23,26)/t14-,16?/m1/s1. The van der Waals surface area contributed by atoms with Crippen LogP contribution >= 0.6 is 0 Å². The van der Waals surface area contributed by atoms with E-state index in [0.29, 0.717) is 30.5 Å². The normalized spacial score (nSPS) is 18.1. The summed E-state index contributed by atoms with van der Waals surface area (Å²) < 4.78 is 22.8. The number of carbonyl (C=O) groups excluding carboxylic acids is 3. The third-order valence-electron chi connectivity index (χ3n) is 5.19. The van der Waals surface area contributed by atoms with Crippen molar-refractivity contribution in [3.8, 4) is 0 Å². The number of ketones is 1. The summed E-state index contributed by atoms with van der Waals surface area (Å²) in [6.07, 6.45) is 3.80. The number of amides is 2. The zero-order valence-corrected chi connectivity index (χ0v) is 17.8. The first kappa shape index (κ1) is 21.9. The Morgan fingerprint density at radius 2 is 1.97 bits per heavy atom. The number of Topliss-reactive ketones (excluding diaryl/α,β-unsaturated/α-hetero) is 1. The summed E-state index contributed by atoms with van der Waals surface area (Å²) in [7, 11) is -3.41. The fourth-order valence-electron chi connectivity index (χ4n) is 3.71. The van der Waals surface area contributed by atoms with Gasteiger partial charge in [0.1, 0.15) is 11.8 Å². The molecular weight excluding hydrogens is 406 g/mol. The van der Waals surface area contributed by atoms with Gasteiger partial charge < -0.3 is 10.2 Å². The predicted molar refractivity (Wildman–Crippen MR) is 113 cm³/mol. The van der Waals surface area contributed by atoms with E-state index in [4.69, 9.17) is 0 Å². The maximum absolute atomic E-state index is 12.8. The highest BCUT2D eigenvalue weighted by molar-refractivity contribution is 7.91. The SMILES string of the molecule is C[C@@H](NC(=O)c1cccc2cccnc12)C(=O)N1CCCC(C(=O)CS(C)(=O)=O)C1. The third kappa shape index (κ3) is 5.21. The van der Waals surface area contributed by atoms with Crippen LogP contribution in [0, 0.1) is 5.92 Å². The van der Waals surface area contributed by atoms with Crippen molar-refractivity contribution in [3.63, 3.8) is 0 Å². The molecule has 1 aliphatic rings. The number of hydrogen-bond donors (Lipinski definition) is 1. The van der Waals surface area contributed by atoms with Gasteiger partial charge >= 0.3 is 0 Å². The Bertz CT molecular complexity index is 1080. The van der Waals surface area contributed by atoms with Crippen LogP contribution in [0.1, 0.15) is 30.1 Å².